The van der Waals surface area contributed by atoms with Gasteiger partial charge in [0.1, 0.15) is 17.1 Å². The summed E-state index contributed by atoms with van der Waals surface area (Å²) in [5.74, 6) is -0.201. The van der Waals surface area contributed by atoms with E-state index in [-0.39, 0.29) is 17.2 Å². The predicted molar refractivity (Wildman–Crippen MR) is 64.4 cm³/mol. The van der Waals surface area contributed by atoms with Crippen LogP contribution in [0.25, 0.3) is 0 Å². The quantitative estimate of drug-likeness (QED) is 0.520. The molecule has 0 saturated carbocycles. The maximum atomic E-state index is 11.5. The lowest BCUT2D eigenvalue weighted by Crippen LogP contribution is -2.27. The molecule has 0 aromatic heterocycles. The number of ether oxygens (including phenoxy) is 1. The van der Waals surface area contributed by atoms with Gasteiger partial charge < -0.3 is 14.9 Å². The van der Waals surface area contributed by atoms with Crippen molar-refractivity contribution in [2.24, 2.45) is 0 Å². The van der Waals surface area contributed by atoms with Gasteiger partial charge in [-0.1, -0.05) is 0 Å². The average Bonchev–Trinajstić information content (AvgIpc) is 2.16. The third-order valence-electron chi connectivity index (χ3n) is 2.04. The zero-order valence-corrected chi connectivity index (χ0v) is 10.4. The van der Waals surface area contributed by atoms with Gasteiger partial charge in [-0.05, 0) is 39.8 Å². The molecule has 0 unspecified atom stereocenters. The van der Waals surface area contributed by atoms with Crippen LogP contribution in [0, 0.1) is 6.92 Å². The second-order valence-corrected chi connectivity index (χ2v) is 4.73. The second-order valence-electron chi connectivity index (χ2n) is 4.73. The van der Waals surface area contributed by atoms with Crippen LogP contribution in [0.1, 0.15) is 26.3 Å². The molecule has 0 heterocycles. The van der Waals surface area contributed by atoms with E-state index in [1.807, 2.05) is 0 Å². The SMILES string of the molecule is Cc1c(O)ccc(NC(=O)OC(C)(C)C)c1O. The van der Waals surface area contributed by atoms with E-state index in [1.54, 1.807) is 27.7 Å². The Morgan fingerprint density at radius 3 is 2.41 bits per heavy atom. The second kappa shape index (κ2) is 4.53. The number of aromatic hydroxyl groups is 2. The molecule has 1 amide bonds. The Labute approximate surface area is 100 Å². The lowest BCUT2D eigenvalue weighted by atomic mass is 10.1. The van der Waals surface area contributed by atoms with Crippen LogP contribution < -0.4 is 5.32 Å². The lowest BCUT2D eigenvalue weighted by molar-refractivity contribution is 0.0635. The normalized spacial score (nSPS) is 11.1. The van der Waals surface area contributed by atoms with Crippen molar-refractivity contribution in [3.63, 3.8) is 0 Å². The number of rotatable bonds is 1. The number of anilines is 1. The number of benzene rings is 1. The molecule has 17 heavy (non-hydrogen) atoms. The molecule has 0 aliphatic heterocycles. The van der Waals surface area contributed by atoms with Crippen molar-refractivity contribution in [3.05, 3.63) is 17.7 Å². The van der Waals surface area contributed by atoms with Crippen LogP contribution >= 0.6 is 0 Å². The van der Waals surface area contributed by atoms with Gasteiger partial charge in [0.2, 0.25) is 0 Å². The van der Waals surface area contributed by atoms with Crippen molar-refractivity contribution in [2.75, 3.05) is 5.32 Å². The maximum absolute atomic E-state index is 11.5. The van der Waals surface area contributed by atoms with Gasteiger partial charge in [0.15, 0.2) is 0 Å². The van der Waals surface area contributed by atoms with Crippen LogP contribution in [0.2, 0.25) is 0 Å². The largest absolute Gasteiger partial charge is 0.508 e. The molecule has 0 saturated heterocycles. The molecular formula is C12H17NO4. The molecule has 0 atom stereocenters. The average molecular weight is 239 g/mol. The standard InChI is InChI=1S/C12H17NO4/c1-7-9(14)6-5-8(10(7)15)13-11(16)17-12(2,3)4/h5-6,14-15H,1-4H3,(H,13,16). The minimum Gasteiger partial charge on any atom is -0.508 e. The number of phenols is 2. The molecule has 3 N–H and O–H groups in total. The van der Waals surface area contributed by atoms with Gasteiger partial charge in [0.25, 0.3) is 0 Å². The summed E-state index contributed by atoms with van der Waals surface area (Å²) in [6, 6.07) is 2.79. The number of hydrogen-bond donors (Lipinski definition) is 3. The third-order valence-corrected chi connectivity index (χ3v) is 2.04. The zero-order chi connectivity index (χ0) is 13.2. The number of nitrogens with one attached hydrogen (secondary N) is 1. The predicted octanol–water partition coefficient (Wildman–Crippen LogP) is 2.75. The van der Waals surface area contributed by atoms with Crippen molar-refractivity contribution >= 4 is 11.8 Å². The van der Waals surface area contributed by atoms with Gasteiger partial charge >= 0.3 is 6.09 Å². The van der Waals surface area contributed by atoms with Gasteiger partial charge in [-0.3, -0.25) is 5.32 Å². The van der Waals surface area contributed by atoms with Crippen LogP contribution in [0.15, 0.2) is 12.1 Å². The Bertz CT molecular complexity index is 435. The Morgan fingerprint density at radius 1 is 1.29 bits per heavy atom. The van der Waals surface area contributed by atoms with Gasteiger partial charge in [0, 0.05) is 5.56 Å². The molecule has 0 radical (unpaired) electrons. The molecule has 0 aliphatic rings. The molecule has 5 heteroatoms. The Morgan fingerprint density at radius 2 is 1.88 bits per heavy atom. The molecular weight excluding hydrogens is 222 g/mol. The summed E-state index contributed by atoms with van der Waals surface area (Å²) in [6.45, 7) is 6.78. The number of carbonyl (C=O) groups is 1. The summed E-state index contributed by atoms with van der Waals surface area (Å²) in [6.07, 6.45) is -0.655. The number of carbonyl (C=O) groups excluding carboxylic acids is 1. The smallest absolute Gasteiger partial charge is 0.412 e. The Kier molecular flexibility index (Phi) is 3.50. The van der Waals surface area contributed by atoms with E-state index >= 15 is 0 Å². The number of phenolic OH excluding ortho intramolecular Hbond substituents is 2. The van der Waals surface area contributed by atoms with Crippen molar-refractivity contribution in [1.82, 2.24) is 0 Å². The van der Waals surface area contributed by atoms with Crippen LogP contribution in [-0.2, 0) is 4.74 Å². The highest BCUT2D eigenvalue weighted by atomic mass is 16.6. The Hall–Kier alpha value is -1.91. The molecule has 0 aliphatic carbocycles. The van der Waals surface area contributed by atoms with E-state index in [1.165, 1.54) is 12.1 Å². The Balaban J connectivity index is 2.83. The molecule has 94 valence electrons. The highest BCUT2D eigenvalue weighted by Crippen LogP contribution is 2.33. The van der Waals surface area contributed by atoms with E-state index < -0.39 is 11.7 Å². The van der Waals surface area contributed by atoms with E-state index in [0.717, 1.165) is 0 Å². The van der Waals surface area contributed by atoms with E-state index in [9.17, 15) is 15.0 Å². The monoisotopic (exact) mass is 239 g/mol. The summed E-state index contributed by atoms with van der Waals surface area (Å²) in [5, 5.41) is 21.4. The first-order chi connectivity index (χ1) is 7.70. The molecule has 0 bridgehead atoms. The molecule has 1 aromatic carbocycles. The zero-order valence-electron chi connectivity index (χ0n) is 10.4. The molecule has 5 nitrogen and oxygen atoms in total. The first-order valence-electron chi connectivity index (χ1n) is 5.22. The molecule has 0 fully saturated rings. The van der Waals surface area contributed by atoms with Crippen LogP contribution in [0.4, 0.5) is 10.5 Å². The summed E-state index contributed by atoms with van der Waals surface area (Å²) < 4.78 is 5.04. The van der Waals surface area contributed by atoms with E-state index in [4.69, 9.17) is 4.74 Å². The fourth-order valence-electron chi connectivity index (χ4n) is 1.20. The van der Waals surface area contributed by atoms with Gasteiger partial charge in [-0.15, -0.1) is 0 Å². The highest BCUT2D eigenvalue weighted by molar-refractivity contribution is 5.87. The first kappa shape index (κ1) is 13.2. The summed E-state index contributed by atoms with van der Waals surface area (Å²) >= 11 is 0. The fourth-order valence-corrected chi connectivity index (χ4v) is 1.20. The lowest BCUT2D eigenvalue weighted by Gasteiger charge is -2.20. The molecule has 0 spiro atoms. The fraction of sp³-hybridized carbons (Fsp3) is 0.417. The topological polar surface area (TPSA) is 78.8 Å². The summed E-state index contributed by atoms with van der Waals surface area (Å²) in [4.78, 5) is 11.5. The van der Waals surface area contributed by atoms with Crippen LogP contribution in [0.3, 0.4) is 0 Å². The summed E-state index contributed by atoms with van der Waals surface area (Å²) in [7, 11) is 0. The first-order valence-corrected chi connectivity index (χ1v) is 5.22. The minimum atomic E-state index is -0.655. The third kappa shape index (κ3) is 3.55. The van der Waals surface area contributed by atoms with Gasteiger partial charge in [0.05, 0.1) is 5.69 Å². The van der Waals surface area contributed by atoms with E-state index in [2.05, 4.69) is 5.32 Å². The van der Waals surface area contributed by atoms with Crippen LogP contribution in [-0.4, -0.2) is 21.9 Å². The van der Waals surface area contributed by atoms with E-state index in [0.29, 0.717) is 5.56 Å². The minimum absolute atomic E-state index is 0.0303. The van der Waals surface area contributed by atoms with Crippen molar-refractivity contribution < 1.29 is 19.7 Å². The summed E-state index contributed by atoms with van der Waals surface area (Å²) in [5.41, 5.74) is -0.0980. The van der Waals surface area contributed by atoms with Gasteiger partial charge in [-0.25, -0.2) is 4.79 Å². The van der Waals surface area contributed by atoms with Crippen molar-refractivity contribution in [2.45, 2.75) is 33.3 Å². The molecule has 1 rings (SSSR count). The highest BCUT2D eigenvalue weighted by Gasteiger charge is 2.18. The van der Waals surface area contributed by atoms with Gasteiger partial charge in [-0.2, -0.15) is 0 Å². The maximum Gasteiger partial charge on any atom is 0.412 e. The molecule has 1 aromatic rings. The number of hydrogen-bond acceptors (Lipinski definition) is 4. The van der Waals surface area contributed by atoms with Crippen LogP contribution in [0.5, 0.6) is 11.5 Å². The van der Waals surface area contributed by atoms with Crippen molar-refractivity contribution in [1.29, 1.82) is 0 Å². The van der Waals surface area contributed by atoms with Crippen molar-refractivity contribution in [3.8, 4) is 11.5 Å². The number of amides is 1.